The summed E-state index contributed by atoms with van der Waals surface area (Å²) < 4.78 is 62.0. The number of aryl methyl sites for hydroxylation is 2. The van der Waals surface area contributed by atoms with E-state index in [0.29, 0.717) is 103 Å². The normalized spacial score (nSPS) is 22.8. The fourth-order valence-electron chi connectivity index (χ4n) is 12.6. The largest absolute Gasteiger partial charge is 0.480 e. The van der Waals surface area contributed by atoms with Gasteiger partial charge >= 0.3 is 54.2 Å². The van der Waals surface area contributed by atoms with E-state index in [1.165, 1.54) is 48.0 Å². The van der Waals surface area contributed by atoms with Crippen LogP contribution in [-0.2, 0) is 103 Å². The van der Waals surface area contributed by atoms with Gasteiger partial charge in [0.25, 0.3) is 0 Å². The van der Waals surface area contributed by atoms with Gasteiger partial charge in [0.1, 0.15) is 53.5 Å². The van der Waals surface area contributed by atoms with Gasteiger partial charge < -0.3 is 92.8 Å². The first-order chi connectivity index (χ1) is 53.3. The van der Waals surface area contributed by atoms with Crippen LogP contribution in [0.15, 0.2) is 98.6 Å². The van der Waals surface area contributed by atoms with E-state index in [-0.39, 0.29) is 81.4 Å². The molecule has 6 amide bonds. The van der Waals surface area contributed by atoms with Crippen LogP contribution in [0.2, 0.25) is 0 Å². The maximum Gasteiger partial charge on any atom is 0.411 e. The lowest BCUT2D eigenvalue weighted by Crippen LogP contribution is -2.52. The van der Waals surface area contributed by atoms with Gasteiger partial charge in [0.15, 0.2) is 0 Å². The van der Waals surface area contributed by atoms with Crippen molar-refractivity contribution in [3.8, 4) is 0 Å². The fourth-order valence-corrected chi connectivity index (χ4v) is 12.6. The molecule has 32 nitrogen and oxygen atoms in total. The summed E-state index contributed by atoms with van der Waals surface area (Å²) in [4.78, 5) is 139. The summed E-state index contributed by atoms with van der Waals surface area (Å²) in [6.45, 7) is 27.2. The minimum atomic E-state index is -1.09. The second kappa shape index (κ2) is 47.3. The topological polar surface area (TPSA) is 388 Å². The van der Waals surface area contributed by atoms with Gasteiger partial charge in [0, 0.05) is 58.3 Å². The molecule has 0 bridgehead atoms. The van der Waals surface area contributed by atoms with Crippen LogP contribution >= 0.6 is 0 Å². The van der Waals surface area contributed by atoms with Crippen molar-refractivity contribution in [2.24, 2.45) is 11.8 Å². The molecule has 112 heavy (non-hydrogen) atoms. The Labute approximate surface area is 657 Å². The number of alkyl carbamates (subject to hydrolysis) is 2. The average Bonchev–Trinajstić information content (AvgIpc) is 1.68. The molecule has 624 valence electrons. The number of benzene rings is 2. The molecule has 5 saturated heterocycles. The smallest absolute Gasteiger partial charge is 0.411 e. The molecule has 9 rings (SSSR count). The first kappa shape index (κ1) is 93.4. The first-order valence-electron chi connectivity index (χ1n) is 38.1. The number of carboxylic acid groups (broad SMARTS) is 1. The molecule has 2 aliphatic carbocycles. The zero-order valence-corrected chi connectivity index (χ0v) is 66.8. The maximum atomic E-state index is 13.5. The first-order valence-corrected chi connectivity index (χ1v) is 38.1. The molecular weight excluding hydrogens is 1460 g/mol. The Morgan fingerprint density at radius 1 is 0.500 bits per heavy atom. The van der Waals surface area contributed by atoms with Gasteiger partial charge in [-0.25, -0.2) is 38.4 Å². The highest BCUT2D eigenvalue weighted by atomic mass is 16.6. The monoisotopic (exact) mass is 1580 g/mol. The number of amides is 6. The number of carbonyl (C=O) groups excluding carboxylic acids is 10. The molecule has 5 N–H and O–H groups in total. The number of aliphatic hydroxyl groups is 1. The third kappa shape index (κ3) is 32.9. The highest BCUT2D eigenvalue weighted by Gasteiger charge is 2.47. The minimum Gasteiger partial charge on any atom is -0.480 e. The Bertz CT molecular complexity index is 3360. The van der Waals surface area contributed by atoms with Crippen molar-refractivity contribution in [1.29, 1.82) is 0 Å². The van der Waals surface area contributed by atoms with Crippen LogP contribution in [0.3, 0.4) is 0 Å². The quantitative estimate of drug-likeness (QED) is 0.0297. The number of hydrogen-bond donors (Lipinski definition) is 5. The van der Waals surface area contributed by atoms with E-state index in [0.717, 1.165) is 36.8 Å². The zero-order valence-electron chi connectivity index (χ0n) is 66.8. The van der Waals surface area contributed by atoms with Crippen LogP contribution in [0.1, 0.15) is 130 Å². The number of carboxylic acids is 1. The molecule has 0 radical (unpaired) electrons. The number of hydrogen-bond acceptors (Lipinski definition) is 25. The average molecular weight is 1580 g/mol. The Hall–Kier alpha value is -9.21. The van der Waals surface area contributed by atoms with Crippen LogP contribution in [0.4, 0.5) is 19.2 Å². The third-order valence-corrected chi connectivity index (χ3v) is 18.5. The Morgan fingerprint density at radius 2 is 0.866 bits per heavy atom. The van der Waals surface area contributed by atoms with Crippen LogP contribution in [0.25, 0.3) is 0 Å². The van der Waals surface area contributed by atoms with Crippen molar-refractivity contribution in [1.82, 2.24) is 35.6 Å². The van der Waals surface area contributed by atoms with E-state index in [1.54, 1.807) is 59.8 Å². The van der Waals surface area contributed by atoms with E-state index >= 15 is 0 Å². The third-order valence-electron chi connectivity index (χ3n) is 18.5. The lowest BCUT2D eigenvalue weighted by atomic mass is 10.0. The van der Waals surface area contributed by atoms with Gasteiger partial charge in [-0.05, 0) is 123 Å². The molecule has 2 saturated carbocycles. The predicted molar refractivity (Wildman–Crippen MR) is 408 cm³/mol. The van der Waals surface area contributed by atoms with Gasteiger partial charge in [0.2, 0.25) is 11.8 Å². The second-order valence-corrected chi connectivity index (χ2v) is 29.9. The van der Waals surface area contributed by atoms with E-state index in [9.17, 15) is 63.0 Å². The molecule has 7 aliphatic rings. The van der Waals surface area contributed by atoms with E-state index < -0.39 is 108 Å². The van der Waals surface area contributed by atoms with E-state index in [4.69, 9.17) is 47.4 Å². The van der Waals surface area contributed by atoms with Gasteiger partial charge in [-0.15, -0.1) is 19.7 Å². The molecule has 12 atom stereocenters. The molecule has 2 aromatic carbocycles. The zero-order chi connectivity index (χ0) is 82.7. The lowest BCUT2D eigenvalue weighted by Gasteiger charge is -2.27. The predicted octanol–water partition coefficient (Wildman–Crippen LogP) is 7.05. The summed E-state index contributed by atoms with van der Waals surface area (Å²) in [5.41, 5.74) is 0.848. The summed E-state index contributed by atoms with van der Waals surface area (Å²) >= 11 is 0. The molecule has 2 aromatic rings. The van der Waals surface area contributed by atoms with E-state index in [1.807, 2.05) is 67.6 Å². The summed E-state index contributed by atoms with van der Waals surface area (Å²) in [6.07, 6.45) is 8.98. The number of carbonyl (C=O) groups is 11. The minimum absolute atomic E-state index is 0.0919. The van der Waals surface area contributed by atoms with E-state index in [2.05, 4.69) is 45.2 Å². The van der Waals surface area contributed by atoms with Crippen LogP contribution in [0, 0.1) is 11.8 Å². The van der Waals surface area contributed by atoms with Crippen LogP contribution in [0.5, 0.6) is 0 Å². The molecule has 0 aromatic heterocycles. The Balaban J connectivity index is 0.000000260. The van der Waals surface area contributed by atoms with Crippen LogP contribution < -0.4 is 16.0 Å². The molecule has 5 aliphatic heterocycles. The number of ether oxygens (including phenoxy) is 12. The Kier molecular flexibility index (Phi) is 39.5. The number of methoxy groups -OCH3 is 4. The maximum absolute atomic E-state index is 13.5. The number of likely N-dealkylation sites (tertiary alicyclic amines) is 4. The number of aliphatic hydroxyl groups excluding tert-OH is 1. The number of aliphatic carboxylic acids is 1. The molecule has 0 unspecified atom stereocenters. The highest BCUT2D eigenvalue weighted by Crippen LogP contribution is 2.31. The SMILES string of the molecule is C=CCO[C@@H]1C[C@@H](C(=O)O)N(C(=O)[C@@H](CCc2ccccc2)NC(=O)OCC2CC2)C1.C=CCO[C@@H]1C[C@@H](C(=O)OC)N(C(=O)[C@@H](CCc2ccccc2)NC(=O)OCC2CC2)C1.C=CCO[C@H]1CN[C@H](C(=O)OC)C1.CCO[C@@H]1C[C@@H](C(=O)OC)N(C(=O)OC(C)(C)C)C1.COC(=O)[C@@H]1C[C@@H](O)CN1C(=O)OC(C)(C)C. The number of nitrogens with zero attached hydrogens (tertiary/aromatic N) is 4. The number of nitrogens with one attached hydrogen (secondary N) is 3. The summed E-state index contributed by atoms with van der Waals surface area (Å²) in [5.74, 6) is -2.73. The standard InChI is InChI=1S/C24H32N2O6.C23H30N2O6.C13H23NO5.C11H19NO5.C9H15NO3/c1-3-13-31-19-14-21(23(28)30-2)26(15-19)22(27)20(12-11-17-7-5-4-6-8-17)25-24(29)32-16-18-9-10-18;1-2-12-30-18-13-20(22(27)28)25(14-18)21(26)19(11-10-16-6-4-3-5-7-16)24-23(29)31-15-17-8-9-17;1-6-18-9-7-10(11(15)17-5)14(8-9)12(16)19-13(2,3)4;1-11(2,3)17-10(15)12-6-7(13)5-8(12)9(14)16-4;1-3-4-13-7-5-8(10-6-7)9(11)12-2/h3-8,18-21H,1,9-16H2,2H3,(H,25,29);2-7,17-20H,1,8-15H2,(H,24,29)(H,27,28);9-10H,6-8H2,1-5H3;7-8,13H,5-6H2,1-4H3;3,7-8,10H,1,4-6H2,2H3/t19-,20-,21+;18-,19-,20+;9-,10+;2*7-,8+/m11111/s1. The molecule has 0 spiro atoms. The van der Waals surface area contributed by atoms with Gasteiger partial charge in [-0.3, -0.25) is 24.2 Å². The fraction of sp³-hybridized carbons (Fsp3) is 0.637. The molecule has 5 heterocycles. The summed E-state index contributed by atoms with van der Waals surface area (Å²) in [7, 11) is 5.25. The lowest BCUT2D eigenvalue weighted by molar-refractivity contribution is -0.151. The molecule has 7 fully saturated rings. The second-order valence-electron chi connectivity index (χ2n) is 29.9. The van der Waals surface area contributed by atoms with Crippen molar-refractivity contribution in [2.45, 2.75) is 216 Å². The Morgan fingerprint density at radius 3 is 1.25 bits per heavy atom. The number of rotatable bonds is 30. The van der Waals surface area contributed by atoms with Crippen molar-refractivity contribution < 1.29 is 120 Å². The van der Waals surface area contributed by atoms with Crippen molar-refractivity contribution in [3.63, 3.8) is 0 Å². The van der Waals surface area contributed by atoms with Crippen molar-refractivity contribution >= 4 is 66.0 Å². The van der Waals surface area contributed by atoms with Crippen molar-refractivity contribution in [3.05, 3.63) is 110 Å². The van der Waals surface area contributed by atoms with Crippen LogP contribution in [-0.4, -0.2) is 281 Å². The number of esters is 4. The van der Waals surface area contributed by atoms with Gasteiger partial charge in [-0.2, -0.15) is 0 Å². The van der Waals surface area contributed by atoms with Crippen molar-refractivity contribution in [2.75, 3.05) is 101 Å². The summed E-state index contributed by atoms with van der Waals surface area (Å²) in [5, 5.41) is 27.5. The number of β-amino-alcohol motifs (C(OH)–C–C–N with tert-alkyl or cyclic N) is 1. The highest BCUT2D eigenvalue weighted by molar-refractivity contribution is 5.91. The molecular formula is C80H119N7O25. The summed E-state index contributed by atoms with van der Waals surface area (Å²) in [6, 6.07) is 14.3. The molecule has 32 heteroatoms. The van der Waals surface area contributed by atoms with Gasteiger partial charge in [0.05, 0.1) is 105 Å². The van der Waals surface area contributed by atoms with Gasteiger partial charge in [-0.1, -0.05) is 78.9 Å².